The van der Waals surface area contributed by atoms with Gasteiger partial charge in [0, 0.05) is 12.4 Å². The first kappa shape index (κ1) is 26.1. The molecule has 0 saturated heterocycles. The summed E-state index contributed by atoms with van der Waals surface area (Å²) >= 11 is 0. The van der Waals surface area contributed by atoms with E-state index < -0.39 is 0 Å². The summed E-state index contributed by atoms with van der Waals surface area (Å²) in [4.78, 5) is 4.27. The second kappa shape index (κ2) is 10.9. The highest BCUT2D eigenvalue weighted by Gasteiger charge is 2.16. The van der Waals surface area contributed by atoms with Gasteiger partial charge in [0.25, 0.3) is 0 Å². The number of fused-ring (bicyclic) bond motifs is 3. The Balaban J connectivity index is 1.28. The fraction of sp³-hybridized carbons (Fsp3) is 0.0465. The molecule has 0 bridgehead atoms. The normalized spacial score (nSPS) is 11.4. The summed E-state index contributed by atoms with van der Waals surface area (Å²) in [7, 11) is 0. The third-order valence-electron chi connectivity index (χ3n) is 8.92. The van der Waals surface area contributed by atoms with Crippen molar-refractivity contribution in [1.82, 2.24) is 4.98 Å². The van der Waals surface area contributed by atoms with Crippen molar-refractivity contribution < 1.29 is 0 Å². The van der Waals surface area contributed by atoms with Crippen LogP contribution < -0.4 is 0 Å². The largest absolute Gasteiger partial charge is 0.264 e. The number of hydrogen-bond donors (Lipinski definition) is 0. The highest BCUT2D eigenvalue weighted by molar-refractivity contribution is 6.21. The third-order valence-corrected chi connectivity index (χ3v) is 8.92. The molecule has 0 unspecified atom stereocenters. The van der Waals surface area contributed by atoms with Gasteiger partial charge in [-0.15, -0.1) is 0 Å². The standard InChI is InChI=1S/C43H31N/c1-2-29-13-15-33(16-14-29)42-38-9-3-5-11-40(38)43(41-12-6-4-10-39(41)42)35-24-22-32-21-23-34(26-37(32)27-35)30-17-19-31(20-18-30)36-8-7-25-44-28-36/h3-28H,2H2,1H3. The Morgan fingerprint density at radius 1 is 0.409 bits per heavy atom. The fourth-order valence-electron chi connectivity index (χ4n) is 6.63. The molecular weight excluding hydrogens is 530 g/mol. The summed E-state index contributed by atoms with van der Waals surface area (Å²) in [5, 5.41) is 7.61. The Labute approximate surface area is 258 Å². The minimum absolute atomic E-state index is 1.04. The van der Waals surface area contributed by atoms with Crippen LogP contribution >= 0.6 is 0 Å². The highest BCUT2D eigenvalue weighted by Crippen LogP contribution is 2.44. The molecule has 208 valence electrons. The number of aryl methyl sites for hydroxylation is 1. The lowest BCUT2D eigenvalue weighted by Crippen LogP contribution is -1.91. The maximum Gasteiger partial charge on any atom is 0.0346 e. The Hall–Kier alpha value is -5.53. The van der Waals surface area contributed by atoms with Crippen LogP contribution in [-0.4, -0.2) is 4.98 Å². The summed E-state index contributed by atoms with van der Waals surface area (Å²) in [5.41, 5.74) is 11.2. The predicted molar refractivity (Wildman–Crippen MR) is 188 cm³/mol. The highest BCUT2D eigenvalue weighted by atomic mass is 14.6. The zero-order valence-electron chi connectivity index (χ0n) is 24.7. The van der Waals surface area contributed by atoms with Crippen molar-refractivity contribution >= 4 is 32.3 Å². The van der Waals surface area contributed by atoms with Gasteiger partial charge in [-0.05, 0) is 107 Å². The molecule has 0 atom stereocenters. The van der Waals surface area contributed by atoms with E-state index in [-0.39, 0.29) is 0 Å². The second-order valence-electron chi connectivity index (χ2n) is 11.5. The van der Waals surface area contributed by atoms with Crippen LogP contribution in [0, 0.1) is 0 Å². The van der Waals surface area contributed by atoms with Crippen LogP contribution in [-0.2, 0) is 6.42 Å². The summed E-state index contributed by atoms with van der Waals surface area (Å²) in [6.07, 6.45) is 4.77. The Bertz CT molecular complexity index is 2220. The van der Waals surface area contributed by atoms with Gasteiger partial charge in [0.15, 0.2) is 0 Å². The van der Waals surface area contributed by atoms with Gasteiger partial charge in [0.05, 0.1) is 0 Å². The van der Waals surface area contributed by atoms with E-state index in [2.05, 4.69) is 151 Å². The summed E-state index contributed by atoms with van der Waals surface area (Å²) < 4.78 is 0. The molecule has 0 aliphatic heterocycles. The zero-order chi connectivity index (χ0) is 29.5. The summed E-state index contributed by atoms with van der Waals surface area (Å²) in [6, 6.07) is 53.5. The van der Waals surface area contributed by atoms with Crippen molar-refractivity contribution in [1.29, 1.82) is 0 Å². The van der Waals surface area contributed by atoms with Crippen LogP contribution in [0.4, 0.5) is 0 Å². The van der Waals surface area contributed by atoms with Crippen LogP contribution in [0.25, 0.3) is 76.8 Å². The molecule has 1 aromatic heterocycles. The van der Waals surface area contributed by atoms with E-state index >= 15 is 0 Å². The molecule has 44 heavy (non-hydrogen) atoms. The van der Waals surface area contributed by atoms with E-state index in [1.165, 1.54) is 76.8 Å². The van der Waals surface area contributed by atoms with E-state index in [0.717, 1.165) is 12.0 Å². The Kier molecular flexibility index (Phi) is 6.50. The molecule has 0 aliphatic rings. The number of hydrogen-bond acceptors (Lipinski definition) is 1. The Morgan fingerprint density at radius 3 is 1.48 bits per heavy atom. The van der Waals surface area contributed by atoms with Crippen molar-refractivity contribution in [3.63, 3.8) is 0 Å². The van der Waals surface area contributed by atoms with Crippen LogP contribution in [0.1, 0.15) is 12.5 Å². The molecule has 0 radical (unpaired) electrons. The van der Waals surface area contributed by atoms with Crippen molar-refractivity contribution in [2.45, 2.75) is 13.3 Å². The monoisotopic (exact) mass is 561 g/mol. The van der Waals surface area contributed by atoms with Crippen LogP contribution in [0.3, 0.4) is 0 Å². The number of nitrogens with zero attached hydrogens (tertiary/aromatic N) is 1. The van der Waals surface area contributed by atoms with Crippen molar-refractivity contribution in [3.05, 3.63) is 164 Å². The fourth-order valence-corrected chi connectivity index (χ4v) is 6.63. The quantitative estimate of drug-likeness (QED) is 0.190. The smallest absolute Gasteiger partial charge is 0.0346 e. The molecule has 8 aromatic rings. The topological polar surface area (TPSA) is 12.9 Å². The maximum atomic E-state index is 4.27. The molecule has 0 spiro atoms. The molecule has 0 amide bonds. The van der Waals surface area contributed by atoms with Gasteiger partial charge in [-0.3, -0.25) is 4.98 Å². The van der Waals surface area contributed by atoms with Crippen molar-refractivity contribution in [3.8, 4) is 44.5 Å². The van der Waals surface area contributed by atoms with Gasteiger partial charge >= 0.3 is 0 Å². The van der Waals surface area contributed by atoms with E-state index in [1.54, 1.807) is 0 Å². The van der Waals surface area contributed by atoms with E-state index in [1.807, 2.05) is 18.5 Å². The lowest BCUT2D eigenvalue weighted by atomic mass is 9.85. The van der Waals surface area contributed by atoms with Crippen LogP contribution in [0.2, 0.25) is 0 Å². The van der Waals surface area contributed by atoms with Crippen LogP contribution in [0.15, 0.2) is 158 Å². The molecule has 1 heteroatoms. The first-order chi connectivity index (χ1) is 21.8. The van der Waals surface area contributed by atoms with Gasteiger partial charge in [0.1, 0.15) is 0 Å². The molecule has 7 aromatic carbocycles. The second-order valence-corrected chi connectivity index (χ2v) is 11.5. The lowest BCUT2D eigenvalue weighted by Gasteiger charge is -2.18. The number of aromatic nitrogens is 1. The first-order valence-corrected chi connectivity index (χ1v) is 15.3. The van der Waals surface area contributed by atoms with Gasteiger partial charge in [0.2, 0.25) is 0 Å². The molecule has 1 heterocycles. The minimum Gasteiger partial charge on any atom is -0.264 e. The predicted octanol–water partition coefficient (Wildman–Crippen LogP) is 11.8. The molecule has 0 N–H and O–H groups in total. The number of benzene rings is 7. The van der Waals surface area contributed by atoms with E-state index in [4.69, 9.17) is 0 Å². The first-order valence-electron chi connectivity index (χ1n) is 15.3. The zero-order valence-corrected chi connectivity index (χ0v) is 24.7. The molecular formula is C43H31N. The van der Waals surface area contributed by atoms with Gasteiger partial charge in [-0.1, -0.05) is 134 Å². The third kappa shape index (κ3) is 4.55. The average Bonchev–Trinajstić information content (AvgIpc) is 3.10. The Morgan fingerprint density at radius 2 is 0.909 bits per heavy atom. The van der Waals surface area contributed by atoms with Gasteiger partial charge < -0.3 is 0 Å². The maximum absolute atomic E-state index is 4.27. The van der Waals surface area contributed by atoms with Crippen molar-refractivity contribution in [2.24, 2.45) is 0 Å². The van der Waals surface area contributed by atoms with Gasteiger partial charge in [-0.25, -0.2) is 0 Å². The summed E-state index contributed by atoms with van der Waals surface area (Å²) in [6.45, 7) is 2.21. The molecule has 0 fully saturated rings. The lowest BCUT2D eigenvalue weighted by molar-refractivity contribution is 1.14. The van der Waals surface area contributed by atoms with Crippen molar-refractivity contribution in [2.75, 3.05) is 0 Å². The number of pyridine rings is 1. The van der Waals surface area contributed by atoms with E-state index in [0.29, 0.717) is 0 Å². The summed E-state index contributed by atoms with van der Waals surface area (Å²) in [5.74, 6) is 0. The minimum atomic E-state index is 1.04. The SMILES string of the molecule is CCc1ccc(-c2c3ccccc3c(-c3ccc4ccc(-c5ccc(-c6cccnc6)cc5)cc4c3)c3ccccc23)cc1. The number of rotatable bonds is 5. The van der Waals surface area contributed by atoms with Crippen LogP contribution in [0.5, 0.6) is 0 Å². The molecule has 0 saturated carbocycles. The average molecular weight is 562 g/mol. The molecule has 8 rings (SSSR count). The molecule has 0 aliphatic carbocycles. The molecule has 1 nitrogen and oxygen atoms in total. The van der Waals surface area contributed by atoms with Gasteiger partial charge in [-0.2, -0.15) is 0 Å². The van der Waals surface area contributed by atoms with E-state index in [9.17, 15) is 0 Å².